The second kappa shape index (κ2) is 23.8. The van der Waals surface area contributed by atoms with E-state index in [0.29, 0.717) is 82.9 Å². The molecular weight excluding hydrogens is 1050 g/mol. The average Bonchev–Trinajstić information content (AvgIpc) is 4.39. The third-order valence-corrected chi connectivity index (χ3v) is 16.9. The molecule has 434 valence electrons. The zero-order chi connectivity index (χ0) is 55.9. The SMILES string of the molecule is CCNC(=O)[C@@H]1C[C@@H](O)[C@H](n2cnc3c(N[C@H]4CC[C@H](Nc5nc(Cl)nc(N[C@H]6CC[C@H](Nc7nc(N8CC[C@@H](N(C)C)C8)nc8c7ncn8[C@@H]7O[C@H](C(=O)NCC)[C@@H](O)[C@H]7O)CC6)n5)CC4)nc(N4CC[C@@H](N(C)C)C4)nc32)O1. The number of nitrogens with one attached hydrogen (secondary N) is 6. The van der Waals surface area contributed by atoms with Crippen LogP contribution in [-0.2, 0) is 19.1 Å². The predicted octanol–water partition coefficient (Wildman–Crippen LogP) is 1.30. The molecule has 2 aliphatic carbocycles. The molecule has 0 radical (unpaired) electrons. The number of hydrogen-bond acceptors (Lipinski definition) is 24. The van der Waals surface area contributed by atoms with Gasteiger partial charge in [0, 0.05) is 81.9 Å². The van der Waals surface area contributed by atoms with E-state index in [-0.39, 0.29) is 41.8 Å². The molecule has 0 spiro atoms. The average molecular weight is 1130 g/mol. The van der Waals surface area contributed by atoms with Gasteiger partial charge in [-0.2, -0.15) is 34.9 Å². The Bertz CT molecular complexity index is 2990. The number of aromatic nitrogens is 11. The molecule has 28 nitrogen and oxygen atoms in total. The summed E-state index contributed by atoms with van der Waals surface area (Å²) < 4.78 is 15.4. The molecule has 4 saturated heterocycles. The number of anilines is 6. The number of nitrogens with zero attached hydrogens (tertiary/aromatic N) is 15. The molecule has 9 atom stereocenters. The number of aliphatic hydroxyl groups excluding tert-OH is 3. The Balaban J connectivity index is 0.721. The van der Waals surface area contributed by atoms with Gasteiger partial charge in [-0.25, -0.2) is 9.97 Å². The smallest absolute Gasteiger partial charge is 0.252 e. The van der Waals surface area contributed by atoms with Crippen molar-refractivity contribution in [2.24, 2.45) is 0 Å². The molecule has 6 fully saturated rings. The number of amides is 2. The van der Waals surface area contributed by atoms with E-state index in [2.05, 4.69) is 89.7 Å². The highest BCUT2D eigenvalue weighted by Crippen LogP contribution is 2.38. The normalized spacial score (nSPS) is 30.0. The molecule has 29 heteroatoms. The summed E-state index contributed by atoms with van der Waals surface area (Å²) in [5, 5.41) is 53.2. The number of fused-ring (bicyclic) bond motifs is 2. The Morgan fingerprint density at radius 1 is 0.600 bits per heavy atom. The molecule has 5 aromatic heterocycles. The minimum absolute atomic E-state index is 0.0498. The second-order valence-corrected chi connectivity index (χ2v) is 22.9. The van der Waals surface area contributed by atoms with Crippen molar-refractivity contribution in [3.05, 3.63) is 17.9 Å². The second-order valence-electron chi connectivity index (χ2n) is 22.6. The maximum Gasteiger partial charge on any atom is 0.252 e. The van der Waals surface area contributed by atoms with E-state index in [4.69, 9.17) is 56.0 Å². The Labute approximate surface area is 468 Å². The number of halogens is 1. The van der Waals surface area contributed by atoms with Crippen LogP contribution in [0.4, 0.5) is 35.4 Å². The van der Waals surface area contributed by atoms with Crippen LogP contribution in [0.3, 0.4) is 0 Å². The molecule has 0 bridgehead atoms. The molecule has 9 N–H and O–H groups in total. The molecule has 5 aromatic rings. The number of rotatable bonds is 18. The van der Waals surface area contributed by atoms with Gasteiger partial charge in [0.15, 0.2) is 52.5 Å². The summed E-state index contributed by atoms with van der Waals surface area (Å²) in [4.78, 5) is 77.5. The first kappa shape index (κ1) is 55.8. The Hall–Kier alpha value is -6.14. The van der Waals surface area contributed by atoms with Gasteiger partial charge < -0.3 is 76.3 Å². The summed E-state index contributed by atoms with van der Waals surface area (Å²) >= 11 is 6.55. The van der Waals surface area contributed by atoms with Crippen LogP contribution < -0.4 is 41.7 Å². The summed E-state index contributed by atoms with van der Waals surface area (Å²) in [5.74, 6) is 2.30. The number of aliphatic hydroxyl groups is 3. The van der Waals surface area contributed by atoms with Crippen LogP contribution in [0.5, 0.6) is 0 Å². The maximum atomic E-state index is 12.8. The van der Waals surface area contributed by atoms with Crippen LogP contribution in [0.1, 0.15) is 96.9 Å². The van der Waals surface area contributed by atoms with Gasteiger partial charge in [-0.1, -0.05) is 0 Å². The van der Waals surface area contributed by atoms with E-state index < -0.39 is 48.9 Å². The van der Waals surface area contributed by atoms with Crippen molar-refractivity contribution in [2.45, 2.75) is 164 Å². The Kier molecular flexibility index (Phi) is 16.6. The summed E-state index contributed by atoms with van der Waals surface area (Å²) in [6.45, 7) is 7.49. The van der Waals surface area contributed by atoms with E-state index in [0.717, 1.165) is 90.4 Å². The quantitative estimate of drug-likeness (QED) is 0.0597. The Morgan fingerprint density at radius 2 is 1.06 bits per heavy atom. The first-order valence-electron chi connectivity index (χ1n) is 28.3. The molecule has 2 amide bonds. The minimum Gasteiger partial charge on any atom is -0.388 e. The summed E-state index contributed by atoms with van der Waals surface area (Å²) in [6.07, 6.45) is 3.95. The van der Waals surface area contributed by atoms with Gasteiger partial charge in [0.2, 0.25) is 35.0 Å². The van der Waals surface area contributed by atoms with Gasteiger partial charge in [-0.15, -0.1) is 0 Å². The lowest BCUT2D eigenvalue weighted by molar-refractivity contribution is -0.137. The molecule has 0 unspecified atom stereocenters. The van der Waals surface area contributed by atoms with Crippen molar-refractivity contribution in [3.63, 3.8) is 0 Å². The van der Waals surface area contributed by atoms with Crippen LogP contribution >= 0.6 is 11.6 Å². The van der Waals surface area contributed by atoms with Crippen molar-refractivity contribution in [2.75, 3.05) is 98.5 Å². The first-order chi connectivity index (χ1) is 38.6. The summed E-state index contributed by atoms with van der Waals surface area (Å²) in [6, 6.07) is 0.964. The van der Waals surface area contributed by atoms with Crippen LogP contribution in [0, 0.1) is 0 Å². The lowest BCUT2D eigenvalue weighted by Crippen LogP contribution is -2.42. The van der Waals surface area contributed by atoms with E-state index in [1.807, 2.05) is 6.92 Å². The zero-order valence-electron chi connectivity index (χ0n) is 46.2. The molecule has 9 heterocycles. The van der Waals surface area contributed by atoms with E-state index in [1.54, 1.807) is 22.4 Å². The molecule has 0 aromatic carbocycles. The predicted molar refractivity (Wildman–Crippen MR) is 298 cm³/mol. The number of likely N-dealkylation sites (N-methyl/N-ethyl adjacent to an activating group) is 4. The zero-order valence-corrected chi connectivity index (χ0v) is 47.0. The van der Waals surface area contributed by atoms with Gasteiger partial charge in [0.25, 0.3) is 5.91 Å². The highest BCUT2D eigenvalue weighted by atomic mass is 35.5. The third kappa shape index (κ3) is 11.7. The number of carbonyl (C=O) groups is 2. The molecular formula is C51H76ClN21O7. The number of carbonyl (C=O) groups excluding carboxylic acids is 2. The molecule has 6 aliphatic rings. The highest BCUT2D eigenvalue weighted by Gasteiger charge is 2.48. The number of hydrogen-bond donors (Lipinski definition) is 9. The van der Waals surface area contributed by atoms with Gasteiger partial charge >= 0.3 is 0 Å². The first-order valence-corrected chi connectivity index (χ1v) is 28.7. The molecule has 80 heavy (non-hydrogen) atoms. The maximum absolute atomic E-state index is 12.8. The fraction of sp³-hybridized carbons (Fsp3) is 0.706. The Morgan fingerprint density at radius 3 is 1.52 bits per heavy atom. The van der Waals surface area contributed by atoms with E-state index in [1.165, 1.54) is 6.33 Å². The van der Waals surface area contributed by atoms with E-state index in [9.17, 15) is 24.9 Å². The van der Waals surface area contributed by atoms with Gasteiger partial charge in [0.05, 0.1) is 12.7 Å². The van der Waals surface area contributed by atoms with Crippen molar-refractivity contribution < 1.29 is 34.4 Å². The standard InChI is InChI=1S/C51H76ClN21O7/c1-7-53-43(77)33-21-32(74)45(79-33)72-24-55-34-39(61-50(63-41(34)72)70-19-17-30(22-70)68(3)4)57-26-9-13-28(14-10-26)59-48-65-47(52)66-49(67-48)60-29-15-11-27(12-16-29)58-40-35-42(64-51(62-40)71-20-18-31(23-71)69(5)6)73(25-56-35)46-37(76)36(75)38(80-46)44(78)54-8-2/h24-33,36-38,45-46,74-76H,7-23H2,1-6H3,(H,53,77)(H,54,78)(H,57,61,63)(H,58,62,64)(H2,59,60,65,66,67)/t26-,27-,28-,29-,30-,31-,32-,33+,36+,37-,38+,45-,46-/m1/s1. The topological polar surface area (TPSA) is 324 Å². The van der Waals surface area contributed by atoms with Crippen molar-refractivity contribution in [1.82, 2.24) is 74.4 Å². The lowest BCUT2D eigenvalue weighted by Gasteiger charge is -2.31. The minimum atomic E-state index is -1.44. The van der Waals surface area contributed by atoms with Crippen LogP contribution in [-0.4, -0.2) is 225 Å². The third-order valence-electron chi connectivity index (χ3n) is 16.7. The van der Waals surface area contributed by atoms with Crippen molar-refractivity contribution in [3.8, 4) is 0 Å². The van der Waals surface area contributed by atoms with Crippen LogP contribution in [0.15, 0.2) is 12.7 Å². The molecule has 2 saturated carbocycles. The fourth-order valence-corrected chi connectivity index (χ4v) is 12.3. The van der Waals surface area contributed by atoms with Crippen molar-refractivity contribution in [1.29, 1.82) is 0 Å². The highest BCUT2D eigenvalue weighted by molar-refractivity contribution is 6.28. The molecule has 11 rings (SSSR count). The largest absolute Gasteiger partial charge is 0.388 e. The van der Waals surface area contributed by atoms with E-state index >= 15 is 0 Å². The lowest BCUT2D eigenvalue weighted by atomic mass is 9.91. The van der Waals surface area contributed by atoms with Gasteiger partial charge in [0.1, 0.15) is 24.4 Å². The van der Waals surface area contributed by atoms with Gasteiger partial charge in [-0.05, 0) is 118 Å². The van der Waals surface area contributed by atoms with Crippen LogP contribution in [0.2, 0.25) is 5.28 Å². The molecule has 4 aliphatic heterocycles. The van der Waals surface area contributed by atoms with Crippen LogP contribution in [0.25, 0.3) is 22.3 Å². The number of imidazole rings is 2. The summed E-state index contributed by atoms with van der Waals surface area (Å²) in [5.41, 5.74) is 2.00. The monoisotopic (exact) mass is 1130 g/mol. The fourth-order valence-electron chi connectivity index (χ4n) is 12.1. The van der Waals surface area contributed by atoms with Crippen molar-refractivity contribution >= 4 is 81.2 Å². The van der Waals surface area contributed by atoms with Gasteiger partial charge in [-0.3, -0.25) is 18.7 Å². The number of ether oxygens (including phenoxy) is 2. The summed E-state index contributed by atoms with van der Waals surface area (Å²) in [7, 11) is 8.30.